The number of aryl methyl sites for hydroxylation is 1. The first-order valence-corrected chi connectivity index (χ1v) is 8.07. The van der Waals surface area contributed by atoms with Crippen LogP contribution in [0.3, 0.4) is 0 Å². The molecule has 1 N–H and O–H groups in total. The van der Waals surface area contributed by atoms with Gasteiger partial charge in [0.1, 0.15) is 11.9 Å². The number of para-hydroxylation sites is 1. The second-order valence-corrected chi connectivity index (χ2v) is 6.30. The molecule has 1 aliphatic heterocycles. The van der Waals surface area contributed by atoms with Crippen molar-refractivity contribution in [1.29, 1.82) is 0 Å². The number of benzene rings is 1. The quantitative estimate of drug-likeness (QED) is 0.878. The lowest BCUT2D eigenvalue weighted by Crippen LogP contribution is -2.36. The van der Waals surface area contributed by atoms with Crippen molar-refractivity contribution >= 4 is 5.69 Å². The number of anilines is 1. The summed E-state index contributed by atoms with van der Waals surface area (Å²) in [6.45, 7) is 1.74. The molecule has 5 heteroatoms. The average molecular weight is 296 g/mol. The standard InChI is InChI=1S/C17H20N4O/c1-11-17(22)19-16-13-9-5-6-10-14(13)18-15(21(16)20-11)12-7-3-2-4-8-12/h5-6,9-10,12,15,18H,2-4,7-8H2,1H3. The third kappa shape index (κ3) is 2.12. The largest absolute Gasteiger partial charge is 0.363 e. The van der Waals surface area contributed by atoms with Crippen molar-refractivity contribution in [3.63, 3.8) is 0 Å². The van der Waals surface area contributed by atoms with Gasteiger partial charge in [0, 0.05) is 11.3 Å². The van der Waals surface area contributed by atoms with Crippen molar-refractivity contribution < 1.29 is 0 Å². The van der Waals surface area contributed by atoms with Crippen LogP contribution < -0.4 is 10.9 Å². The molecule has 1 aliphatic carbocycles. The highest BCUT2D eigenvalue weighted by molar-refractivity contribution is 5.75. The molecule has 2 heterocycles. The molecule has 5 nitrogen and oxygen atoms in total. The fourth-order valence-corrected chi connectivity index (χ4v) is 3.65. The molecule has 1 atom stereocenters. The van der Waals surface area contributed by atoms with Crippen LogP contribution in [0.15, 0.2) is 29.1 Å². The molecular formula is C17H20N4O. The Morgan fingerprint density at radius 1 is 1.18 bits per heavy atom. The van der Waals surface area contributed by atoms with E-state index in [0.29, 0.717) is 17.4 Å². The predicted molar refractivity (Wildman–Crippen MR) is 85.7 cm³/mol. The highest BCUT2D eigenvalue weighted by atomic mass is 16.1. The highest BCUT2D eigenvalue weighted by Crippen LogP contribution is 2.40. The van der Waals surface area contributed by atoms with Gasteiger partial charge in [-0.25, -0.2) is 4.68 Å². The first-order valence-electron chi connectivity index (χ1n) is 8.07. The maximum atomic E-state index is 12.0. The van der Waals surface area contributed by atoms with E-state index < -0.39 is 0 Å². The summed E-state index contributed by atoms with van der Waals surface area (Å²) in [5, 5.41) is 8.18. The molecule has 0 amide bonds. The zero-order chi connectivity index (χ0) is 15.1. The fraction of sp³-hybridized carbons (Fsp3) is 0.471. The average Bonchev–Trinajstić information content (AvgIpc) is 2.56. The van der Waals surface area contributed by atoms with Crippen LogP contribution in [-0.2, 0) is 0 Å². The molecule has 1 saturated carbocycles. The van der Waals surface area contributed by atoms with Gasteiger partial charge in [-0.2, -0.15) is 10.1 Å². The van der Waals surface area contributed by atoms with E-state index in [-0.39, 0.29) is 11.7 Å². The summed E-state index contributed by atoms with van der Waals surface area (Å²) < 4.78 is 1.94. The zero-order valence-electron chi connectivity index (χ0n) is 12.7. The van der Waals surface area contributed by atoms with Gasteiger partial charge in [-0.3, -0.25) is 4.79 Å². The van der Waals surface area contributed by atoms with Gasteiger partial charge in [-0.1, -0.05) is 31.4 Å². The second-order valence-electron chi connectivity index (χ2n) is 6.30. The Hall–Kier alpha value is -2.17. The molecule has 4 rings (SSSR count). The molecule has 1 aromatic carbocycles. The normalized spacial score (nSPS) is 20.9. The molecule has 1 aromatic heterocycles. The van der Waals surface area contributed by atoms with Gasteiger partial charge in [-0.05, 0) is 37.8 Å². The number of hydrogen-bond acceptors (Lipinski definition) is 4. The number of aromatic nitrogens is 3. The molecule has 0 saturated heterocycles. The van der Waals surface area contributed by atoms with E-state index in [2.05, 4.69) is 21.5 Å². The van der Waals surface area contributed by atoms with E-state index in [0.717, 1.165) is 11.3 Å². The van der Waals surface area contributed by atoms with E-state index in [1.807, 2.05) is 22.9 Å². The molecule has 1 fully saturated rings. The minimum Gasteiger partial charge on any atom is -0.363 e. The Labute approximate surface area is 129 Å². The van der Waals surface area contributed by atoms with Crippen LogP contribution in [0, 0.1) is 12.8 Å². The van der Waals surface area contributed by atoms with E-state index in [4.69, 9.17) is 0 Å². The van der Waals surface area contributed by atoms with Gasteiger partial charge in [0.25, 0.3) is 5.56 Å². The summed E-state index contributed by atoms with van der Waals surface area (Å²) in [4.78, 5) is 16.3. The zero-order valence-corrected chi connectivity index (χ0v) is 12.7. The van der Waals surface area contributed by atoms with Gasteiger partial charge in [-0.15, -0.1) is 0 Å². The summed E-state index contributed by atoms with van der Waals surface area (Å²) in [6, 6.07) is 8.03. The molecule has 2 aliphatic rings. The van der Waals surface area contributed by atoms with E-state index in [9.17, 15) is 4.79 Å². The first-order chi connectivity index (χ1) is 10.7. The first kappa shape index (κ1) is 13.5. The van der Waals surface area contributed by atoms with Crippen molar-refractivity contribution in [2.75, 3.05) is 5.32 Å². The van der Waals surface area contributed by atoms with Crippen LogP contribution in [-0.4, -0.2) is 14.8 Å². The Morgan fingerprint density at radius 2 is 1.95 bits per heavy atom. The fourth-order valence-electron chi connectivity index (χ4n) is 3.65. The van der Waals surface area contributed by atoms with E-state index >= 15 is 0 Å². The Morgan fingerprint density at radius 3 is 2.77 bits per heavy atom. The summed E-state index contributed by atoms with van der Waals surface area (Å²) in [7, 11) is 0. The topological polar surface area (TPSA) is 59.8 Å². The number of hydrogen-bond donors (Lipinski definition) is 1. The number of nitrogens with zero attached hydrogens (tertiary/aromatic N) is 3. The van der Waals surface area contributed by atoms with E-state index in [1.165, 1.54) is 32.1 Å². The van der Waals surface area contributed by atoms with Crippen molar-refractivity contribution in [2.45, 2.75) is 45.2 Å². The maximum absolute atomic E-state index is 12.0. The van der Waals surface area contributed by atoms with Crippen molar-refractivity contribution in [2.24, 2.45) is 5.92 Å². The molecule has 0 spiro atoms. The van der Waals surface area contributed by atoms with E-state index in [1.54, 1.807) is 6.92 Å². The van der Waals surface area contributed by atoms with Gasteiger partial charge >= 0.3 is 0 Å². The third-order valence-electron chi connectivity index (χ3n) is 4.82. The van der Waals surface area contributed by atoms with Gasteiger partial charge in [0.15, 0.2) is 5.82 Å². The second kappa shape index (κ2) is 5.23. The molecule has 0 bridgehead atoms. The van der Waals surface area contributed by atoms with Crippen LogP contribution in [0.25, 0.3) is 11.4 Å². The van der Waals surface area contributed by atoms with Crippen molar-refractivity contribution in [3.8, 4) is 11.4 Å². The van der Waals surface area contributed by atoms with Crippen LogP contribution >= 0.6 is 0 Å². The smallest absolute Gasteiger partial charge is 0.294 e. The van der Waals surface area contributed by atoms with Gasteiger partial charge in [0.05, 0.1) is 0 Å². The van der Waals surface area contributed by atoms with Gasteiger partial charge < -0.3 is 5.32 Å². The summed E-state index contributed by atoms with van der Waals surface area (Å²) in [5.74, 6) is 1.23. The van der Waals surface area contributed by atoms with Crippen molar-refractivity contribution in [1.82, 2.24) is 14.8 Å². The molecule has 22 heavy (non-hydrogen) atoms. The number of rotatable bonds is 1. The monoisotopic (exact) mass is 296 g/mol. The number of fused-ring (bicyclic) bond motifs is 3. The third-order valence-corrected chi connectivity index (χ3v) is 4.82. The lowest BCUT2D eigenvalue weighted by molar-refractivity contribution is 0.252. The lowest BCUT2D eigenvalue weighted by Gasteiger charge is -2.36. The Bertz CT molecular complexity index is 761. The predicted octanol–water partition coefficient (Wildman–Crippen LogP) is 3.12. The molecule has 2 aromatic rings. The lowest BCUT2D eigenvalue weighted by atomic mass is 9.86. The summed E-state index contributed by atoms with van der Waals surface area (Å²) >= 11 is 0. The maximum Gasteiger partial charge on any atom is 0.294 e. The summed E-state index contributed by atoms with van der Waals surface area (Å²) in [6.07, 6.45) is 6.36. The minimum absolute atomic E-state index is 0.0944. The highest BCUT2D eigenvalue weighted by Gasteiger charge is 2.32. The van der Waals surface area contributed by atoms with Crippen LogP contribution in [0.4, 0.5) is 5.69 Å². The Balaban J connectivity index is 1.87. The Kier molecular flexibility index (Phi) is 3.21. The van der Waals surface area contributed by atoms with Crippen LogP contribution in [0.2, 0.25) is 0 Å². The minimum atomic E-state index is -0.231. The molecule has 0 radical (unpaired) electrons. The molecule has 114 valence electrons. The molecule has 1 unspecified atom stereocenters. The van der Waals surface area contributed by atoms with Gasteiger partial charge in [0.2, 0.25) is 0 Å². The number of nitrogens with one attached hydrogen (secondary N) is 1. The summed E-state index contributed by atoms with van der Waals surface area (Å²) in [5.41, 5.74) is 2.24. The SMILES string of the molecule is Cc1nn2c(nc1=O)-c1ccccc1NC2C1CCCCC1. The molecular weight excluding hydrogens is 276 g/mol. The van der Waals surface area contributed by atoms with Crippen molar-refractivity contribution in [3.05, 3.63) is 40.3 Å². The van der Waals surface area contributed by atoms with Crippen LogP contribution in [0.5, 0.6) is 0 Å². The van der Waals surface area contributed by atoms with Crippen LogP contribution in [0.1, 0.15) is 44.0 Å².